The molecule has 1 saturated heterocycles. The van der Waals surface area contributed by atoms with Gasteiger partial charge in [-0.3, -0.25) is 0 Å². The van der Waals surface area contributed by atoms with Gasteiger partial charge in [0.05, 0.1) is 13.2 Å². The lowest BCUT2D eigenvalue weighted by molar-refractivity contribution is -0.119. The Morgan fingerprint density at radius 3 is 2.75 bits per heavy atom. The van der Waals surface area contributed by atoms with Gasteiger partial charge in [-0.2, -0.15) is 0 Å². The number of hydrogen-bond donors (Lipinski definition) is 1. The van der Waals surface area contributed by atoms with Crippen LogP contribution >= 0.6 is 0 Å². The van der Waals surface area contributed by atoms with Crippen LogP contribution in [-0.4, -0.2) is 30.2 Å². The van der Waals surface area contributed by atoms with E-state index in [1.54, 1.807) is 0 Å². The molecule has 3 nitrogen and oxygen atoms in total. The topological polar surface area (TPSA) is 38.7 Å². The van der Waals surface area contributed by atoms with E-state index in [-0.39, 0.29) is 12.7 Å². The van der Waals surface area contributed by atoms with Gasteiger partial charge in [0.15, 0.2) is 5.79 Å². The van der Waals surface area contributed by atoms with Crippen LogP contribution in [-0.2, 0) is 9.47 Å². The average molecular weight is 172 g/mol. The standard InChI is InChI=1S/C9H16O3/c1-7(2)4-9(3)11-6-8(5-10)12-9/h4,8,10H,5-6H2,1-3H3. The predicted octanol–water partition coefficient (Wildman–Crippen LogP) is 1.08. The number of hydrogen-bond acceptors (Lipinski definition) is 3. The van der Waals surface area contributed by atoms with Crippen molar-refractivity contribution in [3.63, 3.8) is 0 Å². The number of rotatable bonds is 2. The third kappa shape index (κ3) is 2.30. The Morgan fingerprint density at radius 2 is 2.33 bits per heavy atom. The first kappa shape index (κ1) is 9.71. The third-order valence-corrected chi connectivity index (χ3v) is 1.71. The summed E-state index contributed by atoms with van der Waals surface area (Å²) < 4.78 is 10.9. The Morgan fingerprint density at radius 1 is 1.67 bits per heavy atom. The van der Waals surface area contributed by atoms with Crippen LogP contribution in [0.1, 0.15) is 20.8 Å². The lowest BCUT2D eigenvalue weighted by atomic mass is 10.2. The molecule has 70 valence electrons. The van der Waals surface area contributed by atoms with Crippen molar-refractivity contribution in [2.45, 2.75) is 32.7 Å². The number of ether oxygens (including phenoxy) is 2. The van der Waals surface area contributed by atoms with Crippen molar-refractivity contribution in [3.8, 4) is 0 Å². The second-order valence-electron chi connectivity index (χ2n) is 3.47. The first-order valence-corrected chi connectivity index (χ1v) is 4.14. The average Bonchev–Trinajstić information content (AvgIpc) is 2.30. The first-order chi connectivity index (χ1) is 5.56. The molecule has 1 aliphatic rings. The van der Waals surface area contributed by atoms with E-state index in [4.69, 9.17) is 14.6 Å². The zero-order valence-electron chi connectivity index (χ0n) is 7.83. The van der Waals surface area contributed by atoms with Crippen LogP contribution in [0.25, 0.3) is 0 Å². The van der Waals surface area contributed by atoms with E-state index < -0.39 is 5.79 Å². The maximum Gasteiger partial charge on any atom is 0.185 e. The molecule has 1 N–H and O–H groups in total. The highest BCUT2D eigenvalue weighted by Crippen LogP contribution is 2.25. The first-order valence-electron chi connectivity index (χ1n) is 4.14. The fraction of sp³-hybridized carbons (Fsp3) is 0.778. The minimum Gasteiger partial charge on any atom is -0.394 e. The zero-order valence-corrected chi connectivity index (χ0v) is 7.83. The van der Waals surface area contributed by atoms with Gasteiger partial charge in [-0.05, 0) is 26.8 Å². The molecule has 1 fully saturated rings. The molecule has 2 atom stereocenters. The SMILES string of the molecule is CC(C)=CC1(C)OCC(CO)O1. The van der Waals surface area contributed by atoms with Crippen molar-refractivity contribution in [2.75, 3.05) is 13.2 Å². The van der Waals surface area contributed by atoms with Crippen LogP contribution in [0.15, 0.2) is 11.6 Å². The summed E-state index contributed by atoms with van der Waals surface area (Å²) in [5, 5.41) is 8.81. The third-order valence-electron chi connectivity index (χ3n) is 1.71. The maximum atomic E-state index is 8.81. The fourth-order valence-electron chi connectivity index (χ4n) is 1.35. The highest BCUT2D eigenvalue weighted by atomic mass is 16.7. The molecule has 0 spiro atoms. The minimum absolute atomic E-state index is 0.0200. The van der Waals surface area contributed by atoms with Gasteiger partial charge in [0.25, 0.3) is 0 Å². The largest absolute Gasteiger partial charge is 0.394 e. The van der Waals surface area contributed by atoms with Crippen molar-refractivity contribution in [2.24, 2.45) is 0 Å². The molecule has 0 aromatic rings. The molecule has 0 radical (unpaired) electrons. The van der Waals surface area contributed by atoms with Crippen LogP contribution in [0.2, 0.25) is 0 Å². The molecule has 0 aromatic carbocycles. The predicted molar refractivity (Wildman–Crippen MR) is 45.7 cm³/mol. The van der Waals surface area contributed by atoms with Crippen molar-refractivity contribution in [1.29, 1.82) is 0 Å². The van der Waals surface area contributed by atoms with Crippen LogP contribution in [0.4, 0.5) is 0 Å². The van der Waals surface area contributed by atoms with Gasteiger partial charge in [-0.15, -0.1) is 0 Å². The highest BCUT2D eigenvalue weighted by molar-refractivity contribution is 5.03. The highest BCUT2D eigenvalue weighted by Gasteiger charge is 2.34. The molecule has 0 bridgehead atoms. The molecular formula is C9H16O3. The molecule has 1 aliphatic heterocycles. The summed E-state index contributed by atoms with van der Waals surface area (Å²) in [6.45, 7) is 6.33. The summed E-state index contributed by atoms with van der Waals surface area (Å²) in [5.41, 5.74) is 1.15. The Bertz CT molecular complexity index is 184. The van der Waals surface area contributed by atoms with Gasteiger partial charge in [0.2, 0.25) is 0 Å². The Labute approximate surface area is 73.0 Å². The monoisotopic (exact) mass is 172 g/mol. The van der Waals surface area contributed by atoms with Gasteiger partial charge in [0.1, 0.15) is 6.10 Å². The summed E-state index contributed by atoms with van der Waals surface area (Å²) in [6, 6.07) is 0. The summed E-state index contributed by atoms with van der Waals surface area (Å²) in [5.74, 6) is -0.633. The Hall–Kier alpha value is -0.380. The Balaban J connectivity index is 2.58. The summed E-state index contributed by atoms with van der Waals surface area (Å²) in [7, 11) is 0. The van der Waals surface area contributed by atoms with E-state index in [1.165, 1.54) is 0 Å². The minimum atomic E-state index is -0.633. The van der Waals surface area contributed by atoms with Crippen molar-refractivity contribution < 1.29 is 14.6 Å². The number of aliphatic hydroxyl groups is 1. The van der Waals surface area contributed by atoms with E-state index in [9.17, 15) is 0 Å². The van der Waals surface area contributed by atoms with Crippen molar-refractivity contribution >= 4 is 0 Å². The smallest absolute Gasteiger partial charge is 0.185 e. The molecule has 2 unspecified atom stereocenters. The molecular weight excluding hydrogens is 156 g/mol. The second-order valence-corrected chi connectivity index (χ2v) is 3.47. The van der Waals surface area contributed by atoms with E-state index in [2.05, 4.69) is 0 Å². The van der Waals surface area contributed by atoms with Crippen LogP contribution in [0.5, 0.6) is 0 Å². The summed E-state index contributed by atoms with van der Waals surface area (Å²) in [4.78, 5) is 0. The van der Waals surface area contributed by atoms with Gasteiger partial charge in [0, 0.05) is 0 Å². The van der Waals surface area contributed by atoms with Crippen molar-refractivity contribution in [3.05, 3.63) is 11.6 Å². The normalized spacial score (nSPS) is 35.2. The number of aliphatic hydroxyl groups excluding tert-OH is 1. The maximum absolute atomic E-state index is 8.81. The van der Waals surface area contributed by atoms with E-state index in [0.29, 0.717) is 6.61 Å². The van der Waals surface area contributed by atoms with Gasteiger partial charge in [-0.25, -0.2) is 0 Å². The van der Waals surface area contributed by atoms with Crippen LogP contribution in [0, 0.1) is 0 Å². The van der Waals surface area contributed by atoms with E-state index in [1.807, 2.05) is 26.8 Å². The second kappa shape index (κ2) is 3.56. The number of allylic oxidation sites excluding steroid dienone is 1. The van der Waals surface area contributed by atoms with Crippen molar-refractivity contribution in [1.82, 2.24) is 0 Å². The Kier molecular flexibility index (Phi) is 2.88. The van der Waals surface area contributed by atoms with E-state index in [0.717, 1.165) is 5.57 Å². The van der Waals surface area contributed by atoms with E-state index >= 15 is 0 Å². The molecule has 1 rings (SSSR count). The van der Waals surface area contributed by atoms with Crippen LogP contribution in [0.3, 0.4) is 0 Å². The summed E-state index contributed by atoms with van der Waals surface area (Å²) >= 11 is 0. The van der Waals surface area contributed by atoms with Gasteiger partial charge in [-0.1, -0.05) is 5.57 Å². The lowest BCUT2D eigenvalue weighted by Gasteiger charge is -2.19. The fourth-order valence-corrected chi connectivity index (χ4v) is 1.35. The van der Waals surface area contributed by atoms with Crippen LogP contribution < -0.4 is 0 Å². The molecule has 3 heteroatoms. The quantitative estimate of drug-likeness (QED) is 0.633. The lowest BCUT2D eigenvalue weighted by Crippen LogP contribution is -2.25. The molecule has 0 amide bonds. The summed E-state index contributed by atoms with van der Waals surface area (Å²) in [6.07, 6.45) is 1.74. The zero-order chi connectivity index (χ0) is 9.19. The molecule has 0 aliphatic carbocycles. The van der Waals surface area contributed by atoms with Gasteiger partial charge >= 0.3 is 0 Å². The molecule has 1 heterocycles. The molecule has 12 heavy (non-hydrogen) atoms. The van der Waals surface area contributed by atoms with Gasteiger partial charge < -0.3 is 14.6 Å². The molecule has 0 aromatic heterocycles. The molecule has 0 saturated carbocycles.